The van der Waals surface area contributed by atoms with E-state index in [1.807, 2.05) is 27.7 Å². The van der Waals surface area contributed by atoms with E-state index in [-0.39, 0.29) is 0 Å². The van der Waals surface area contributed by atoms with Crippen LogP contribution in [0.1, 0.15) is 80.1 Å². The fourth-order valence-corrected chi connectivity index (χ4v) is 3.06. The van der Waals surface area contributed by atoms with Crippen molar-refractivity contribution in [3.8, 4) is 0 Å². The zero-order valence-electron chi connectivity index (χ0n) is 11.9. The summed E-state index contributed by atoms with van der Waals surface area (Å²) in [4.78, 5) is 0. The average Bonchev–Trinajstić information content (AvgIpc) is 2.70. The van der Waals surface area contributed by atoms with Gasteiger partial charge in [0.25, 0.3) is 0 Å². The first-order valence-corrected chi connectivity index (χ1v) is 7.22. The zero-order valence-corrected chi connectivity index (χ0v) is 11.9. The predicted octanol–water partition coefficient (Wildman–Crippen LogP) is 5.67. The molecule has 0 heteroatoms. The average molecular weight is 212 g/mol. The van der Waals surface area contributed by atoms with Crippen molar-refractivity contribution in [2.75, 3.05) is 0 Å². The maximum atomic E-state index is 2.38. The molecule has 2 fully saturated rings. The number of hydrogen-bond acceptors (Lipinski definition) is 0. The van der Waals surface area contributed by atoms with E-state index in [4.69, 9.17) is 0 Å². The van der Waals surface area contributed by atoms with Crippen LogP contribution in [0.4, 0.5) is 0 Å². The molecule has 1 spiro atoms. The summed E-state index contributed by atoms with van der Waals surface area (Å²) in [6.07, 6.45) is 9.26. The lowest BCUT2D eigenvalue weighted by atomic mass is 9.58. The molecule has 0 aromatic heterocycles. The van der Waals surface area contributed by atoms with E-state index in [9.17, 15) is 0 Å². The molecular formula is C15H32. The Labute approximate surface area is 97.8 Å². The number of hydrogen-bond donors (Lipinski definition) is 0. The molecule has 0 atom stereocenters. The summed E-state index contributed by atoms with van der Waals surface area (Å²) in [6.45, 7) is 12.8. The molecule has 2 aliphatic rings. The highest BCUT2D eigenvalue weighted by Gasteiger charge is 2.46. The smallest absolute Gasteiger partial charge is 0.0292 e. The summed E-state index contributed by atoms with van der Waals surface area (Å²) in [5.74, 6) is 2.02. The summed E-state index contributed by atoms with van der Waals surface area (Å²) in [5, 5.41) is 0. The Balaban J connectivity index is 0.000000442. The van der Waals surface area contributed by atoms with Crippen molar-refractivity contribution in [1.82, 2.24) is 0 Å². The van der Waals surface area contributed by atoms with Gasteiger partial charge in [-0.25, -0.2) is 0 Å². The Morgan fingerprint density at radius 1 is 0.867 bits per heavy atom. The third-order valence-corrected chi connectivity index (χ3v) is 4.00. The summed E-state index contributed by atoms with van der Waals surface area (Å²) >= 11 is 0. The Kier molecular flexibility index (Phi) is 7.30. The van der Waals surface area contributed by atoms with Crippen LogP contribution >= 0.6 is 0 Å². The molecule has 0 aromatic carbocycles. The van der Waals surface area contributed by atoms with Gasteiger partial charge in [0.15, 0.2) is 0 Å². The first-order valence-electron chi connectivity index (χ1n) is 7.22. The SMILES string of the molecule is CC.CC.CC(C)C1CC2(CCCC2)C1. The summed E-state index contributed by atoms with van der Waals surface area (Å²) in [6, 6.07) is 0. The van der Waals surface area contributed by atoms with Gasteiger partial charge in [0.1, 0.15) is 0 Å². The predicted molar refractivity (Wildman–Crippen MR) is 71.2 cm³/mol. The van der Waals surface area contributed by atoms with Gasteiger partial charge in [0.2, 0.25) is 0 Å². The molecule has 15 heavy (non-hydrogen) atoms. The second-order valence-electron chi connectivity index (χ2n) is 5.12. The lowest BCUT2D eigenvalue weighted by molar-refractivity contribution is 0.0322. The monoisotopic (exact) mass is 212 g/mol. The highest BCUT2D eigenvalue weighted by Crippen LogP contribution is 2.57. The molecule has 0 saturated heterocycles. The van der Waals surface area contributed by atoms with Gasteiger partial charge in [-0.05, 0) is 42.9 Å². The maximum Gasteiger partial charge on any atom is -0.0292 e. The maximum absolute atomic E-state index is 2.38. The minimum absolute atomic E-state index is 0.870. The quantitative estimate of drug-likeness (QED) is 0.525. The van der Waals surface area contributed by atoms with Crippen molar-refractivity contribution in [2.24, 2.45) is 17.3 Å². The molecule has 0 heterocycles. The molecule has 0 unspecified atom stereocenters. The second kappa shape index (κ2) is 7.30. The van der Waals surface area contributed by atoms with Crippen LogP contribution in [-0.4, -0.2) is 0 Å². The normalized spacial score (nSPS) is 22.6. The lowest BCUT2D eigenvalue weighted by Gasteiger charge is -2.47. The molecule has 0 radical (unpaired) electrons. The van der Waals surface area contributed by atoms with Crippen LogP contribution in [0.3, 0.4) is 0 Å². The van der Waals surface area contributed by atoms with E-state index < -0.39 is 0 Å². The summed E-state index contributed by atoms with van der Waals surface area (Å²) in [5.41, 5.74) is 0.870. The number of rotatable bonds is 1. The summed E-state index contributed by atoms with van der Waals surface area (Å²) in [7, 11) is 0. The molecule has 0 amide bonds. The van der Waals surface area contributed by atoms with Crippen molar-refractivity contribution in [3.05, 3.63) is 0 Å². The Hall–Kier alpha value is 0. The molecule has 2 aliphatic carbocycles. The van der Waals surface area contributed by atoms with Crippen LogP contribution in [0, 0.1) is 17.3 Å². The molecule has 0 aromatic rings. The van der Waals surface area contributed by atoms with Crippen molar-refractivity contribution < 1.29 is 0 Å². The fourth-order valence-electron chi connectivity index (χ4n) is 3.06. The van der Waals surface area contributed by atoms with E-state index in [0.29, 0.717) is 0 Å². The fraction of sp³-hybridized carbons (Fsp3) is 1.00. The van der Waals surface area contributed by atoms with Crippen LogP contribution in [-0.2, 0) is 0 Å². The van der Waals surface area contributed by atoms with Gasteiger partial charge in [-0.3, -0.25) is 0 Å². The van der Waals surface area contributed by atoms with Crippen LogP contribution < -0.4 is 0 Å². The molecular weight excluding hydrogens is 180 g/mol. The van der Waals surface area contributed by atoms with Gasteiger partial charge in [0, 0.05) is 0 Å². The van der Waals surface area contributed by atoms with Gasteiger partial charge < -0.3 is 0 Å². The highest BCUT2D eigenvalue weighted by molar-refractivity contribution is 4.97. The topological polar surface area (TPSA) is 0 Å². The van der Waals surface area contributed by atoms with E-state index in [1.165, 1.54) is 12.8 Å². The van der Waals surface area contributed by atoms with Crippen LogP contribution in [0.2, 0.25) is 0 Å². The van der Waals surface area contributed by atoms with Crippen LogP contribution in [0.15, 0.2) is 0 Å². The van der Waals surface area contributed by atoms with Gasteiger partial charge in [-0.15, -0.1) is 0 Å². The standard InChI is InChI=1S/C11H20.2C2H6/c1-9(2)10-7-11(8-10)5-3-4-6-11;2*1-2/h9-10H,3-8H2,1-2H3;2*1-2H3. The lowest BCUT2D eigenvalue weighted by Crippen LogP contribution is -2.37. The molecule has 2 saturated carbocycles. The van der Waals surface area contributed by atoms with Gasteiger partial charge in [0.05, 0.1) is 0 Å². The molecule has 92 valence electrons. The third-order valence-electron chi connectivity index (χ3n) is 4.00. The largest absolute Gasteiger partial charge is 0.0683 e. The Bertz CT molecular complexity index is 132. The second-order valence-corrected chi connectivity index (χ2v) is 5.12. The molecule has 0 nitrogen and oxygen atoms in total. The zero-order chi connectivity index (χ0) is 11.9. The highest BCUT2D eigenvalue weighted by atomic mass is 14.5. The molecule has 0 aliphatic heterocycles. The van der Waals surface area contributed by atoms with E-state index in [2.05, 4.69) is 13.8 Å². The Morgan fingerprint density at radius 3 is 1.60 bits per heavy atom. The van der Waals surface area contributed by atoms with E-state index >= 15 is 0 Å². The van der Waals surface area contributed by atoms with Crippen molar-refractivity contribution in [1.29, 1.82) is 0 Å². The van der Waals surface area contributed by atoms with Crippen molar-refractivity contribution >= 4 is 0 Å². The van der Waals surface area contributed by atoms with Gasteiger partial charge in [-0.1, -0.05) is 54.4 Å². The first-order chi connectivity index (χ1) is 7.22. The molecule has 2 rings (SSSR count). The van der Waals surface area contributed by atoms with Crippen molar-refractivity contribution in [3.63, 3.8) is 0 Å². The Morgan fingerprint density at radius 2 is 1.27 bits per heavy atom. The van der Waals surface area contributed by atoms with Crippen molar-refractivity contribution in [2.45, 2.75) is 80.1 Å². The van der Waals surface area contributed by atoms with E-state index in [0.717, 1.165) is 17.3 Å². The first kappa shape index (κ1) is 15.0. The molecule has 0 bridgehead atoms. The minimum atomic E-state index is 0.870. The van der Waals surface area contributed by atoms with Crippen LogP contribution in [0.25, 0.3) is 0 Å². The third kappa shape index (κ3) is 3.81. The molecule has 0 N–H and O–H groups in total. The van der Waals surface area contributed by atoms with Crippen LogP contribution in [0.5, 0.6) is 0 Å². The van der Waals surface area contributed by atoms with E-state index in [1.54, 1.807) is 25.7 Å². The van der Waals surface area contributed by atoms with Gasteiger partial charge >= 0.3 is 0 Å². The summed E-state index contributed by atoms with van der Waals surface area (Å²) < 4.78 is 0. The minimum Gasteiger partial charge on any atom is -0.0683 e. The van der Waals surface area contributed by atoms with Gasteiger partial charge in [-0.2, -0.15) is 0 Å².